The van der Waals surface area contributed by atoms with E-state index in [4.69, 9.17) is 21.7 Å². The summed E-state index contributed by atoms with van der Waals surface area (Å²) in [7, 11) is 0. The van der Waals surface area contributed by atoms with E-state index >= 15 is 0 Å². The molecule has 38 heavy (non-hydrogen) atoms. The van der Waals surface area contributed by atoms with Crippen LogP contribution in [-0.2, 0) is 11.3 Å². The molecule has 0 aromatic heterocycles. The van der Waals surface area contributed by atoms with Gasteiger partial charge in [-0.1, -0.05) is 31.9 Å². The summed E-state index contributed by atoms with van der Waals surface area (Å²) in [6.45, 7) is 8.07. The van der Waals surface area contributed by atoms with E-state index in [-0.39, 0.29) is 5.91 Å². The Morgan fingerprint density at radius 1 is 0.895 bits per heavy atom. The minimum Gasteiger partial charge on any atom is -0.494 e. The maximum Gasteiger partial charge on any atom is 0.220 e. The molecule has 1 heterocycles. The van der Waals surface area contributed by atoms with Crippen LogP contribution in [0.5, 0.6) is 11.5 Å². The second-order valence-corrected chi connectivity index (χ2v) is 10.2. The van der Waals surface area contributed by atoms with Gasteiger partial charge < -0.3 is 25.4 Å². The van der Waals surface area contributed by atoms with Crippen molar-refractivity contribution < 1.29 is 14.3 Å². The summed E-state index contributed by atoms with van der Waals surface area (Å²) in [5.41, 5.74) is 2.20. The first-order chi connectivity index (χ1) is 18.6. The molecule has 0 bridgehead atoms. The Kier molecular flexibility index (Phi) is 13.8. The fourth-order valence-electron chi connectivity index (χ4n) is 4.28. The van der Waals surface area contributed by atoms with Crippen molar-refractivity contribution in [1.82, 2.24) is 15.5 Å². The molecule has 3 N–H and O–H groups in total. The van der Waals surface area contributed by atoms with Gasteiger partial charge in [0.15, 0.2) is 5.11 Å². The van der Waals surface area contributed by atoms with Crippen LogP contribution < -0.4 is 25.4 Å². The minimum atomic E-state index is 0.0490. The molecule has 0 radical (unpaired) electrons. The van der Waals surface area contributed by atoms with E-state index in [9.17, 15) is 4.79 Å². The zero-order valence-corrected chi connectivity index (χ0v) is 23.6. The minimum absolute atomic E-state index is 0.0490. The number of nitrogens with one attached hydrogen (secondary N) is 3. The van der Waals surface area contributed by atoms with Crippen LogP contribution in [-0.4, -0.2) is 55.3 Å². The smallest absolute Gasteiger partial charge is 0.220 e. The summed E-state index contributed by atoms with van der Waals surface area (Å²) < 4.78 is 11.6. The average Bonchev–Trinajstić information content (AvgIpc) is 2.93. The number of hydrogen-bond donors (Lipinski definition) is 3. The molecule has 0 atom stereocenters. The van der Waals surface area contributed by atoms with Gasteiger partial charge in [0.1, 0.15) is 11.5 Å². The van der Waals surface area contributed by atoms with Gasteiger partial charge in [-0.3, -0.25) is 9.69 Å². The highest BCUT2D eigenvalue weighted by molar-refractivity contribution is 7.80. The summed E-state index contributed by atoms with van der Waals surface area (Å²) in [6.07, 6.45) is 8.05. The molecule has 1 aliphatic heterocycles. The molecule has 2 aromatic rings. The lowest BCUT2D eigenvalue weighted by Gasteiger charge is -2.26. The maximum atomic E-state index is 12.1. The first-order valence-electron chi connectivity index (χ1n) is 14.1. The van der Waals surface area contributed by atoms with E-state index in [2.05, 4.69) is 46.0 Å². The number of unbranched alkanes of at least 4 members (excludes halogenated alkanes) is 1. The highest BCUT2D eigenvalue weighted by atomic mass is 32.1. The van der Waals surface area contributed by atoms with E-state index < -0.39 is 0 Å². The monoisotopic (exact) mass is 540 g/mol. The van der Waals surface area contributed by atoms with Crippen molar-refractivity contribution in [3.05, 3.63) is 54.1 Å². The first kappa shape index (κ1) is 29.7. The van der Waals surface area contributed by atoms with Crippen molar-refractivity contribution in [3.63, 3.8) is 0 Å². The second-order valence-electron chi connectivity index (χ2n) is 9.75. The van der Waals surface area contributed by atoms with E-state index in [0.717, 1.165) is 49.6 Å². The van der Waals surface area contributed by atoms with Gasteiger partial charge in [-0.05, 0) is 99.4 Å². The molecule has 3 rings (SSSR count). The lowest BCUT2D eigenvalue weighted by Crippen LogP contribution is -2.31. The molecule has 0 unspecified atom stereocenters. The maximum absolute atomic E-state index is 12.1. The molecule has 1 saturated heterocycles. The average molecular weight is 541 g/mol. The number of rotatable bonds is 16. The van der Waals surface area contributed by atoms with Crippen molar-refractivity contribution in [1.29, 1.82) is 0 Å². The number of carbonyl (C=O) groups excluding carboxylic acids is 1. The van der Waals surface area contributed by atoms with Crippen molar-refractivity contribution in [2.45, 2.75) is 64.8 Å². The number of anilines is 1. The zero-order valence-electron chi connectivity index (χ0n) is 22.8. The van der Waals surface area contributed by atoms with Gasteiger partial charge in [0.25, 0.3) is 0 Å². The predicted octanol–water partition coefficient (Wildman–Crippen LogP) is 5.50. The topological polar surface area (TPSA) is 74.9 Å². The Bertz CT molecular complexity index is 964. The molecule has 208 valence electrons. The normalized spacial score (nSPS) is 13.5. The van der Waals surface area contributed by atoms with Gasteiger partial charge in [0.2, 0.25) is 5.91 Å². The summed E-state index contributed by atoms with van der Waals surface area (Å²) >= 11 is 5.35. The lowest BCUT2D eigenvalue weighted by atomic mass is 10.1. The van der Waals surface area contributed by atoms with Crippen LogP contribution in [0.2, 0.25) is 0 Å². The van der Waals surface area contributed by atoms with Crippen LogP contribution in [0.1, 0.15) is 63.9 Å². The Hall–Kier alpha value is -2.84. The number of nitrogens with zero attached hydrogens (tertiary/aromatic N) is 1. The zero-order chi connectivity index (χ0) is 26.8. The molecule has 0 saturated carbocycles. The van der Waals surface area contributed by atoms with E-state index in [1.165, 1.54) is 37.9 Å². The highest BCUT2D eigenvalue weighted by Crippen LogP contribution is 2.18. The van der Waals surface area contributed by atoms with Crippen molar-refractivity contribution in [2.24, 2.45) is 0 Å². The molecule has 8 heteroatoms. The predicted molar refractivity (Wildman–Crippen MR) is 159 cm³/mol. The Balaban J connectivity index is 1.19. The van der Waals surface area contributed by atoms with E-state index in [1.54, 1.807) is 0 Å². The summed E-state index contributed by atoms with van der Waals surface area (Å²) in [4.78, 5) is 14.6. The Labute approximate surface area is 233 Å². The third-order valence-corrected chi connectivity index (χ3v) is 6.66. The third-order valence-electron chi connectivity index (χ3n) is 6.41. The molecule has 7 nitrogen and oxygen atoms in total. The number of piperidine rings is 1. The molecular weight excluding hydrogens is 496 g/mol. The summed E-state index contributed by atoms with van der Waals surface area (Å²) in [6, 6.07) is 16.1. The quantitative estimate of drug-likeness (QED) is 0.192. The van der Waals surface area contributed by atoms with Crippen LogP contribution >= 0.6 is 12.2 Å². The van der Waals surface area contributed by atoms with Crippen LogP contribution in [0.15, 0.2) is 48.5 Å². The largest absolute Gasteiger partial charge is 0.494 e. The van der Waals surface area contributed by atoms with Gasteiger partial charge in [-0.15, -0.1) is 0 Å². The first-order valence-corrected chi connectivity index (χ1v) is 14.5. The highest BCUT2D eigenvalue weighted by Gasteiger charge is 2.10. The summed E-state index contributed by atoms with van der Waals surface area (Å²) in [5.74, 6) is 1.81. The van der Waals surface area contributed by atoms with Crippen LogP contribution in [0.25, 0.3) is 0 Å². The molecule has 0 spiro atoms. The Morgan fingerprint density at radius 2 is 1.63 bits per heavy atom. The Morgan fingerprint density at radius 3 is 2.42 bits per heavy atom. The van der Waals surface area contributed by atoms with Crippen LogP contribution in [0.3, 0.4) is 0 Å². The number of thiocarbonyl (C=S) groups is 1. The van der Waals surface area contributed by atoms with E-state index in [0.29, 0.717) is 37.7 Å². The number of ether oxygens (including phenoxy) is 2. The van der Waals surface area contributed by atoms with Crippen molar-refractivity contribution in [3.8, 4) is 11.5 Å². The van der Waals surface area contributed by atoms with Gasteiger partial charge >= 0.3 is 0 Å². The fourth-order valence-corrected chi connectivity index (χ4v) is 4.50. The number of hydrogen-bond acceptors (Lipinski definition) is 5. The number of carbonyl (C=O) groups is 1. The van der Waals surface area contributed by atoms with E-state index in [1.807, 2.05) is 30.3 Å². The van der Waals surface area contributed by atoms with Gasteiger partial charge in [-0.25, -0.2) is 0 Å². The second kappa shape index (κ2) is 17.6. The lowest BCUT2D eigenvalue weighted by molar-refractivity contribution is -0.121. The fraction of sp³-hybridized carbons (Fsp3) is 0.533. The van der Waals surface area contributed by atoms with Crippen LogP contribution in [0.4, 0.5) is 5.69 Å². The van der Waals surface area contributed by atoms with Gasteiger partial charge in [0, 0.05) is 31.7 Å². The number of benzene rings is 2. The standard InChI is InChI=1S/C30H44N4O3S/c1-2-3-21-36-27-15-13-26(14-16-27)33-30(38)32-17-8-12-29(35)31-18-9-22-37-28-11-7-10-25(23-28)24-34-19-5-4-6-20-34/h7,10-11,13-16,23H,2-6,8-9,12,17-22,24H2,1H3,(H,31,35)(H2,32,33,38). The SMILES string of the molecule is CCCCOc1ccc(NC(=S)NCCCC(=O)NCCCOc2cccc(CN3CCCCC3)c2)cc1. The third kappa shape index (κ3) is 12.1. The van der Waals surface area contributed by atoms with Crippen molar-refractivity contribution >= 4 is 28.9 Å². The molecule has 0 aliphatic carbocycles. The van der Waals surface area contributed by atoms with Crippen LogP contribution in [0, 0.1) is 0 Å². The van der Waals surface area contributed by atoms with Crippen molar-refractivity contribution in [2.75, 3.05) is 44.7 Å². The molecular formula is C30H44N4O3S. The molecule has 1 amide bonds. The number of likely N-dealkylation sites (tertiary alicyclic amines) is 1. The molecule has 2 aromatic carbocycles. The van der Waals surface area contributed by atoms with Gasteiger partial charge in [0.05, 0.1) is 13.2 Å². The van der Waals surface area contributed by atoms with Gasteiger partial charge in [-0.2, -0.15) is 0 Å². The summed E-state index contributed by atoms with van der Waals surface area (Å²) in [5, 5.41) is 9.83. The molecule has 1 aliphatic rings. The molecule has 1 fully saturated rings. The number of amides is 1.